The van der Waals surface area contributed by atoms with Crippen molar-refractivity contribution in [1.82, 2.24) is 0 Å². The number of hydrogen-bond donors (Lipinski definition) is 1. The van der Waals surface area contributed by atoms with Gasteiger partial charge in [-0.3, -0.25) is 0 Å². The predicted octanol–water partition coefficient (Wildman–Crippen LogP) is 3.35. The second kappa shape index (κ2) is 5.36. The SMILES string of the molecule is Fc1ccc(NCc2cccc3c2OCCO3)c(F)c1. The molecule has 0 aromatic heterocycles. The van der Waals surface area contributed by atoms with Gasteiger partial charge in [0.2, 0.25) is 0 Å². The molecule has 3 nitrogen and oxygen atoms in total. The minimum absolute atomic E-state index is 0.251. The molecule has 2 aromatic carbocycles. The molecule has 3 rings (SSSR count). The average Bonchev–Trinajstić information content (AvgIpc) is 2.46. The molecule has 0 atom stereocenters. The Bertz CT molecular complexity index is 631. The smallest absolute Gasteiger partial charge is 0.166 e. The Morgan fingerprint density at radius 3 is 2.75 bits per heavy atom. The van der Waals surface area contributed by atoms with Gasteiger partial charge in [0, 0.05) is 18.2 Å². The van der Waals surface area contributed by atoms with Crippen molar-refractivity contribution in [3.63, 3.8) is 0 Å². The van der Waals surface area contributed by atoms with Gasteiger partial charge in [-0.2, -0.15) is 0 Å². The highest BCUT2D eigenvalue weighted by molar-refractivity contribution is 5.51. The summed E-state index contributed by atoms with van der Waals surface area (Å²) in [5.41, 5.74) is 1.12. The second-order valence-corrected chi connectivity index (χ2v) is 4.42. The van der Waals surface area contributed by atoms with Crippen molar-refractivity contribution in [1.29, 1.82) is 0 Å². The number of benzene rings is 2. The van der Waals surface area contributed by atoms with Crippen LogP contribution in [0.2, 0.25) is 0 Å². The molecule has 1 N–H and O–H groups in total. The molecule has 0 amide bonds. The zero-order valence-corrected chi connectivity index (χ0v) is 10.7. The summed E-state index contributed by atoms with van der Waals surface area (Å²) in [6.07, 6.45) is 0. The highest BCUT2D eigenvalue weighted by Crippen LogP contribution is 2.34. The van der Waals surface area contributed by atoms with E-state index in [4.69, 9.17) is 9.47 Å². The molecular weight excluding hydrogens is 264 g/mol. The lowest BCUT2D eigenvalue weighted by Gasteiger charge is -2.21. The van der Waals surface area contributed by atoms with Crippen molar-refractivity contribution in [2.75, 3.05) is 18.5 Å². The Morgan fingerprint density at radius 1 is 1.05 bits per heavy atom. The quantitative estimate of drug-likeness (QED) is 0.933. The summed E-state index contributed by atoms with van der Waals surface area (Å²) >= 11 is 0. The van der Waals surface area contributed by atoms with E-state index in [2.05, 4.69) is 5.32 Å². The van der Waals surface area contributed by atoms with Crippen LogP contribution in [-0.4, -0.2) is 13.2 Å². The minimum atomic E-state index is -0.619. The monoisotopic (exact) mass is 277 g/mol. The molecule has 0 fully saturated rings. The molecule has 0 saturated heterocycles. The largest absolute Gasteiger partial charge is 0.486 e. The molecule has 5 heteroatoms. The van der Waals surface area contributed by atoms with Crippen LogP contribution in [0, 0.1) is 11.6 Å². The number of rotatable bonds is 3. The Balaban J connectivity index is 1.78. The summed E-state index contributed by atoms with van der Waals surface area (Å²) in [7, 11) is 0. The molecule has 1 aliphatic heterocycles. The fraction of sp³-hybridized carbons (Fsp3) is 0.200. The summed E-state index contributed by atoms with van der Waals surface area (Å²) in [6.45, 7) is 1.39. The predicted molar refractivity (Wildman–Crippen MR) is 71.1 cm³/mol. The van der Waals surface area contributed by atoms with Gasteiger partial charge in [-0.05, 0) is 18.2 Å². The summed E-state index contributed by atoms with van der Waals surface area (Å²) in [4.78, 5) is 0. The first kappa shape index (κ1) is 12.7. The van der Waals surface area contributed by atoms with Crippen molar-refractivity contribution in [2.45, 2.75) is 6.54 Å². The lowest BCUT2D eigenvalue weighted by atomic mass is 10.1. The van der Waals surface area contributed by atoms with Gasteiger partial charge < -0.3 is 14.8 Å². The van der Waals surface area contributed by atoms with E-state index in [0.717, 1.165) is 11.6 Å². The van der Waals surface area contributed by atoms with Crippen LogP contribution in [-0.2, 0) is 6.54 Å². The first-order valence-electron chi connectivity index (χ1n) is 6.30. The standard InChI is InChI=1S/C15H13F2NO2/c16-11-4-5-13(12(17)8-11)18-9-10-2-1-3-14-15(10)20-7-6-19-14/h1-5,8,18H,6-7,9H2. The third-order valence-corrected chi connectivity index (χ3v) is 3.05. The lowest BCUT2D eigenvalue weighted by Crippen LogP contribution is -2.17. The second-order valence-electron chi connectivity index (χ2n) is 4.42. The van der Waals surface area contributed by atoms with Crippen molar-refractivity contribution in [3.8, 4) is 11.5 Å². The van der Waals surface area contributed by atoms with Gasteiger partial charge in [0.15, 0.2) is 11.5 Å². The highest BCUT2D eigenvalue weighted by atomic mass is 19.1. The number of hydrogen-bond acceptors (Lipinski definition) is 3. The molecule has 1 aliphatic rings. The van der Waals surface area contributed by atoms with Crippen LogP contribution in [0.4, 0.5) is 14.5 Å². The zero-order chi connectivity index (χ0) is 13.9. The Hall–Kier alpha value is -2.30. The van der Waals surface area contributed by atoms with Gasteiger partial charge in [-0.1, -0.05) is 12.1 Å². The number of fused-ring (bicyclic) bond motifs is 1. The Labute approximate surface area is 115 Å². The van der Waals surface area contributed by atoms with Crippen molar-refractivity contribution >= 4 is 5.69 Å². The molecule has 0 unspecified atom stereocenters. The summed E-state index contributed by atoms with van der Waals surface area (Å²) in [5, 5.41) is 2.93. The Morgan fingerprint density at radius 2 is 1.90 bits per heavy atom. The van der Waals surface area contributed by atoms with Crippen molar-refractivity contribution < 1.29 is 18.3 Å². The van der Waals surface area contributed by atoms with E-state index in [9.17, 15) is 8.78 Å². The van der Waals surface area contributed by atoms with Crippen molar-refractivity contribution in [2.24, 2.45) is 0 Å². The zero-order valence-electron chi connectivity index (χ0n) is 10.7. The fourth-order valence-electron chi connectivity index (χ4n) is 2.10. The summed E-state index contributed by atoms with van der Waals surface area (Å²) < 4.78 is 37.4. The number of para-hydroxylation sites is 1. The molecule has 2 aromatic rings. The molecule has 0 bridgehead atoms. The summed E-state index contributed by atoms with van der Waals surface area (Å²) in [5.74, 6) is 0.151. The third kappa shape index (κ3) is 2.52. The number of nitrogens with one attached hydrogen (secondary N) is 1. The van der Waals surface area contributed by atoms with Crippen LogP contribution >= 0.6 is 0 Å². The maximum atomic E-state index is 13.5. The lowest BCUT2D eigenvalue weighted by molar-refractivity contribution is 0.170. The van der Waals surface area contributed by atoms with Crippen LogP contribution in [0.5, 0.6) is 11.5 Å². The maximum absolute atomic E-state index is 13.5. The molecule has 0 spiro atoms. The van der Waals surface area contributed by atoms with Crippen LogP contribution in [0.3, 0.4) is 0 Å². The molecule has 0 radical (unpaired) electrons. The molecule has 20 heavy (non-hydrogen) atoms. The Kier molecular flexibility index (Phi) is 3.41. The summed E-state index contributed by atoms with van der Waals surface area (Å²) in [6, 6.07) is 9.00. The van der Waals surface area contributed by atoms with Crippen LogP contribution in [0.1, 0.15) is 5.56 Å². The number of halogens is 2. The van der Waals surface area contributed by atoms with E-state index >= 15 is 0 Å². The van der Waals surface area contributed by atoms with E-state index in [1.165, 1.54) is 12.1 Å². The van der Waals surface area contributed by atoms with Crippen LogP contribution in [0.25, 0.3) is 0 Å². The first-order chi connectivity index (χ1) is 9.74. The van der Waals surface area contributed by atoms with E-state index in [1.54, 1.807) is 0 Å². The normalized spacial score (nSPS) is 13.1. The first-order valence-corrected chi connectivity index (χ1v) is 6.30. The van der Waals surface area contributed by atoms with E-state index < -0.39 is 11.6 Å². The molecule has 104 valence electrons. The maximum Gasteiger partial charge on any atom is 0.166 e. The number of ether oxygens (including phenoxy) is 2. The van der Waals surface area contributed by atoms with E-state index in [0.29, 0.717) is 31.3 Å². The highest BCUT2D eigenvalue weighted by Gasteiger charge is 2.15. The molecular formula is C15H13F2NO2. The molecule has 1 heterocycles. The van der Waals surface area contributed by atoms with Gasteiger partial charge in [0.05, 0.1) is 5.69 Å². The van der Waals surface area contributed by atoms with E-state index in [-0.39, 0.29) is 5.69 Å². The average molecular weight is 277 g/mol. The topological polar surface area (TPSA) is 30.5 Å². The van der Waals surface area contributed by atoms with Gasteiger partial charge >= 0.3 is 0 Å². The molecule has 0 saturated carbocycles. The molecule has 0 aliphatic carbocycles. The van der Waals surface area contributed by atoms with Gasteiger partial charge in [0.1, 0.15) is 24.8 Å². The van der Waals surface area contributed by atoms with Gasteiger partial charge in [-0.15, -0.1) is 0 Å². The number of anilines is 1. The van der Waals surface area contributed by atoms with E-state index in [1.807, 2.05) is 18.2 Å². The van der Waals surface area contributed by atoms with Crippen LogP contribution in [0.15, 0.2) is 36.4 Å². The minimum Gasteiger partial charge on any atom is -0.486 e. The fourth-order valence-corrected chi connectivity index (χ4v) is 2.10. The van der Waals surface area contributed by atoms with Crippen molar-refractivity contribution in [3.05, 3.63) is 53.6 Å². The van der Waals surface area contributed by atoms with Gasteiger partial charge in [-0.25, -0.2) is 8.78 Å². The van der Waals surface area contributed by atoms with Crippen LogP contribution < -0.4 is 14.8 Å². The van der Waals surface area contributed by atoms with Gasteiger partial charge in [0.25, 0.3) is 0 Å². The third-order valence-electron chi connectivity index (χ3n) is 3.05.